The molecule has 2 atom stereocenters. The number of alkyl halides is 3. The number of rotatable bonds is 7. The zero-order valence-electron chi connectivity index (χ0n) is 11.6. The van der Waals surface area contributed by atoms with Crippen molar-refractivity contribution < 1.29 is 24.2 Å². The van der Waals surface area contributed by atoms with E-state index >= 15 is 0 Å². The summed E-state index contributed by atoms with van der Waals surface area (Å²) in [5.41, 5.74) is 0. The van der Waals surface area contributed by atoms with Crippen molar-refractivity contribution in [1.29, 1.82) is 0 Å². The lowest BCUT2D eigenvalue weighted by Crippen LogP contribution is -2.51. The molecule has 0 bridgehead atoms. The molecule has 0 saturated carbocycles. The van der Waals surface area contributed by atoms with Crippen LogP contribution in [0.2, 0.25) is 0 Å². The number of hydrogen-bond acceptors (Lipinski definition) is 5. The molecule has 21 heavy (non-hydrogen) atoms. The molecule has 0 aliphatic rings. The Bertz CT molecular complexity index is 370. The third kappa shape index (κ3) is 9.03. The van der Waals surface area contributed by atoms with Gasteiger partial charge in [0.15, 0.2) is 6.04 Å². The van der Waals surface area contributed by atoms with E-state index in [1.807, 2.05) is 0 Å². The topological polar surface area (TPSA) is 84.9 Å². The molecule has 2 N–H and O–H groups in total. The Morgan fingerprint density at radius 1 is 1.33 bits per heavy atom. The molecule has 0 fully saturated rings. The number of halogens is 3. The van der Waals surface area contributed by atoms with Crippen molar-refractivity contribution >= 4 is 46.9 Å². The Hall–Kier alpha value is -0.690. The lowest BCUT2D eigenvalue weighted by atomic mass is 10.00. The Morgan fingerprint density at radius 2 is 1.90 bits per heavy atom. The molecule has 0 aromatic rings. The van der Waals surface area contributed by atoms with Crippen LogP contribution in [-0.4, -0.2) is 46.3 Å². The molecule has 122 valence electrons. The molecule has 9 heteroatoms. The van der Waals surface area contributed by atoms with Crippen molar-refractivity contribution in [2.24, 2.45) is 5.92 Å². The first kappa shape index (κ1) is 20.3. The minimum atomic E-state index is -1.77. The van der Waals surface area contributed by atoms with Crippen molar-refractivity contribution in [3.63, 3.8) is 0 Å². The highest BCUT2D eigenvalue weighted by Gasteiger charge is 2.33. The highest BCUT2D eigenvalue weighted by molar-refractivity contribution is 6.67. The maximum Gasteiger partial charge on any atom is 0.408 e. The van der Waals surface area contributed by atoms with E-state index in [0.717, 1.165) is 0 Å². The fourth-order valence-corrected chi connectivity index (χ4v) is 1.38. The number of aliphatic hydroxyl groups excluding tert-OH is 1. The van der Waals surface area contributed by atoms with Crippen LogP contribution in [0, 0.1) is 5.92 Å². The van der Waals surface area contributed by atoms with Gasteiger partial charge in [-0.15, -0.1) is 0 Å². The first-order valence-electron chi connectivity index (χ1n) is 6.04. The maximum absolute atomic E-state index is 11.8. The molecular formula is C12H18Cl3NO5. The van der Waals surface area contributed by atoms with Gasteiger partial charge in [0.2, 0.25) is 3.79 Å². The lowest BCUT2D eigenvalue weighted by Gasteiger charge is -2.25. The molecule has 0 aliphatic heterocycles. The summed E-state index contributed by atoms with van der Waals surface area (Å²) < 4.78 is 7.67. The number of nitrogens with one attached hydrogen (secondary N) is 1. The molecule has 0 radical (unpaired) electrons. The summed E-state index contributed by atoms with van der Waals surface area (Å²) in [7, 11) is 0. The van der Waals surface area contributed by atoms with Crippen LogP contribution < -0.4 is 5.32 Å². The van der Waals surface area contributed by atoms with Gasteiger partial charge in [-0.2, -0.15) is 0 Å². The maximum atomic E-state index is 11.8. The van der Waals surface area contributed by atoms with Crippen LogP contribution in [-0.2, 0) is 14.3 Å². The molecule has 0 rings (SSSR count). The first-order chi connectivity index (χ1) is 9.58. The van der Waals surface area contributed by atoms with Gasteiger partial charge in [-0.1, -0.05) is 61.3 Å². The van der Waals surface area contributed by atoms with E-state index in [-0.39, 0.29) is 12.5 Å². The monoisotopic (exact) mass is 361 g/mol. The molecule has 0 spiro atoms. The van der Waals surface area contributed by atoms with E-state index in [1.165, 1.54) is 6.08 Å². The van der Waals surface area contributed by atoms with Crippen LogP contribution in [0.5, 0.6) is 0 Å². The molecule has 0 aliphatic carbocycles. The van der Waals surface area contributed by atoms with Crippen molar-refractivity contribution in [2.75, 3.05) is 13.2 Å². The molecule has 0 aromatic carbocycles. The van der Waals surface area contributed by atoms with Gasteiger partial charge < -0.3 is 19.9 Å². The van der Waals surface area contributed by atoms with Crippen LogP contribution in [0.1, 0.15) is 13.8 Å². The lowest BCUT2D eigenvalue weighted by molar-refractivity contribution is -0.148. The van der Waals surface area contributed by atoms with Crippen molar-refractivity contribution in [3.8, 4) is 0 Å². The summed E-state index contributed by atoms with van der Waals surface area (Å²) in [4.78, 5) is 23.4. The summed E-state index contributed by atoms with van der Waals surface area (Å²) in [6, 6.07) is -1.30. The summed E-state index contributed by atoms with van der Waals surface area (Å²) in [6.45, 7) is 6.19. The molecule has 6 nitrogen and oxygen atoms in total. The number of carbonyl (C=O) groups excluding carboxylic acids is 2. The number of alkyl carbamates (subject to hydrolysis) is 1. The normalized spacial score (nSPS) is 14.2. The fourth-order valence-electron chi connectivity index (χ4n) is 1.22. The van der Waals surface area contributed by atoms with Crippen LogP contribution in [0.15, 0.2) is 12.7 Å². The van der Waals surface area contributed by atoms with E-state index in [1.54, 1.807) is 13.8 Å². The van der Waals surface area contributed by atoms with Crippen molar-refractivity contribution in [1.82, 2.24) is 5.32 Å². The van der Waals surface area contributed by atoms with Gasteiger partial charge in [-0.25, -0.2) is 9.59 Å². The second kappa shape index (κ2) is 9.35. The SMILES string of the molecule is C=CCOC(=O)[C@@H](NC(=O)OCC(Cl)(Cl)Cl)[C@@H](O)C(C)C. The number of aliphatic hydroxyl groups is 1. The smallest absolute Gasteiger partial charge is 0.408 e. The van der Waals surface area contributed by atoms with E-state index < -0.39 is 34.6 Å². The number of carbonyl (C=O) groups is 2. The Balaban J connectivity index is 4.70. The average Bonchev–Trinajstić information content (AvgIpc) is 2.38. The molecule has 0 unspecified atom stereocenters. The summed E-state index contributed by atoms with van der Waals surface area (Å²) in [6.07, 6.45) is -0.818. The third-order valence-electron chi connectivity index (χ3n) is 2.26. The minimum absolute atomic E-state index is 0.0506. The molecule has 0 aromatic heterocycles. The van der Waals surface area contributed by atoms with Gasteiger partial charge in [0.1, 0.15) is 13.2 Å². The number of ether oxygens (including phenoxy) is 2. The predicted octanol–water partition coefficient (Wildman–Crippen LogP) is 2.20. The second-order valence-electron chi connectivity index (χ2n) is 4.47. The average molecular weight is 363 g/mol. The third-order valence-corrected chi connectivity index (χ3v) is 2.59. The number of hydrogen-bond donors (Lipinski definition) is 2. The second-order valence-corrected chi connectivity index (χ2v) is 6.98. The van der Waals surface area contributed by atoms with Gasteiger partial charge in [0, 0.05) is 0 Å². The van der Waals surface area contributed by atoms with E-state index in [4.69, 9.17) is 39.5 Å². The van der Waals surface area contributed by atoms with E-state index in [0.29, 0.717) is 0 Å². The molecule has 0 saturated heterocycles. The minimum Gasteiger partial charge on any atom is -0.460 e. The first-order valence-corrected chi connectivity index (χ1v) is 7.17. The summed E-state index contributed by atoms with van der Waals surface area (Å²) in [5.74, 6) is -1.12. The van der Waals surface area contributed by atoms with Gasteiger partial charge in [0.05, 0.1) is 6.10 Å². The van der Waals surface area contributed by atoms with Crippen LogP contribution in [0.4, 0.5) is 4.79 Å². The Labute approximate surface area is 138 Å². The van der Waals surface area contributed by atoms with E-state index in [2.05, 4.69) is 16.6 Å². The highest BCUT2D eigenvalue weighted by Crippen LogP contribution is 2.25. The summed E-state index contributed by atoms with van der Waals surface area (Å²) in [5, 5.41) is 12.1. The van der Waals surface area contributed by atoms with E-state index in [9.17, 15) is 14.7 Å². The van der Waals surface area contributed by atoms with Gasteiger partial charge in [0.25, 0.3) is 0 Å². The molecular weight excluding hydrogens is 344 g/mol. The highest BCUT2D eigenvalue weighted by atomic mass is 35.6. The van der Waals surface area contributed by atoms with Crippen molar-refractivity contribution in [3.05, 3.63) is 12.7 Å². The number of amides is 1. The van der Waals surface area contributed by atoms with Crippen molar-refractivity contribution in [2.45, 2.75) is 29.8 Å². The zero-order chi connectivity index (χ0) is 16.6. The molecule has 1 amide bonds. The number of esters is 1. The quantitative estimate of drug-likeness (QED) is 0.412. The Kier molecular flexibility index (Phi) is 9.04. The fraction of sp³-hybridized carbons (Fsp3) is 0.667. The Morgan fingerprint density at radius 3 is 2.33 bits per heavy atom. The molecule has 0 heterocycles. The van der Waals surface area contributed by atoms with Crippen LogP contribution in [0.25, 0.3) is 0 Å². The van der Waals surface area contributed by atoms with Crippen LogP contribution in [0.3, 0.4) is 0 Å². The van der Waals surface area contributed by atoms with Gasteiger partial charge >= 0.3 is 12.1 Å². The standard InChI is InChI=1S/C12H18Cl3NO5/c1-4-5-20-10(18)8(9(17)7(2)3)16-11(19)21-6-12(13,14)15/h4,7-9,17H,1,5-6H2,2-3H3,(H,16,19)/t8-,9-/m0/s1. The zero-order valence-corrected chi connectivity index (χ0v) is 13.9. The van der Waals surface area contributed by atoms with Gasteiger partial charge in [-0.05, 0) is 5.92 Å². The van der Waals surface area contributed by atoms with Crippen LogP contribution >= 0.6 is 34.8 Å². The van der Waals surface area contributed by atoms with Gasteiger partial charge in [-0.3, -0.25) is 0 Å². The summed E-state index contributed by atoms with van der Waals surface area (Å²) >= 11 is 16.3. The largest absolute Gasteiger partial charge is 0.460 e. The predicted molar refractivity (Wildman–Crippen MR) is 80.6 cm³/mol.